The normalized spacial score (nSPS) is 16.0. The molecular weight excluding hydrogens is 374 g/mol. The van der Waals surface area contributed by atoms with Crippen LogP contribution in [0.5, 0.6) is 0 Å². The van der Waals surface area contributed by atoms with E-state index >= 15 is 0 Å². The lowest BCUT2D eigenvalue weighted by atomic mass is 9.96. The van der Waals surface area contributed by atoms with E-state index in [4.69, 9.17) is 0 Å². The summed E-state index contributed by atoms with van der Waals surface area (Å²) in [4.78, 5) is 39.5. The van der Waals surface area contributed by atoms with Crippen molar-refractivity contribution in [1.82, 2.24) is 0 Å². The zero-order valence-corrected chi connectivity index (χ0v) is 17.1. The zero-order chi connectivity index (χ0) is 20.5. The van der Waals surface area contributed by atoms with Crippen LogP contribution in [-0.4, -0.2) is 28.5 Å². The Morgan fingerprint density at radius 3 is 2.39 bits per heavy atom. The van der Waals surface area contributed by atoms with Gasteiger partial charge in [0.2, 0.25) is 17.7 Å². The second-order valence-electron chi connectivity index (χ2n) is 7.17. The molecular formula is C21H23N3O3S. The minimum absolute atomic E-state index is 0.131. The van der Waals surface area contributed by atoms with Crippen LogP contribution in [-0.2, 0) is 14.4 Å². The number of hydrogen-bond acceptors (Lipinski definition) is 4. The molecule has 0 fully saturated rings. The fraction of sp³-hybridized carbons (Fsp3) is 0.286. The molecule has 2 aromatic rings. The van der Waals surface area contributed by atoms with Crippen molar-refractivity contribution in [2.24, 2.45) is 0 Å². The molecule has 28 heavy (non-hydrogen) atoms. The molecule has 1 heterocycles. The number of rotatable bonds is 4. The maximum atomic E-state index is 13.3. The first-order valence-corrected chi connectivity index (χ1v) is 9.87. The average Bonchev–Trinajstić information content (AvgIpc) is 2.63. The number of amides is 3. The molecule has 1 atom stereocenters. The summed E-state index contributed by atoms with van der Waals surface area (Å²) in [6.07, 6.45) is 0. The van der Waals surface area contributed by atoms with Crippen LogP contribution in [0.2, 0.25) is 0 Å². The van der Waals surface area contributed by atoms with Crippen LogP contribution in [0.25, 0.3) is 0 Å². The average molecular weight is 398 g/mol. The minimum atomic E-state index is -0.991. The van der Waals surface area contributed by atoms with Crippen molar-refractivity contribution in [1.29, 1.82) is 0 Å². The van der Waals surface area contributed by atoms with Crippen molar-refractivity contribution in [3.63, 3.8) is 0 Å². The smallest absolute Gasteiger partial charge is 0.250 e. The largest absolute Gasteiger partial charge is 0.326 e. The standard InChI is InChI=1S/C21H23N3O3S/c1-13(28-16-11-9-15(10-12-16)22-14(2)25)19(26)24-18-8-6-5-7-17(18)23-20(27)21(24,3)4/h5-13H,1-4H3,(H,22,25)(H,23,27)/t13-/m1/s1. The molecule has 0 unspecified atom stereocenters. The van der Waals surface area contributed by atoms with Crippen molar-refractivity contribution in [3.8, 4) is 0 Å². The third-order valence-electron chi connectivity index (χ3n) is 4.56. The van der Waals surface area contributed by atoms with Crippen LogP contribution in [0.1, 0.15) is 27.7 Å². The third-order valence-corrected chi connectivity index (χ3v) is 5.66. The molecule has 0 spiro atoms. The maximum absolute atomic E-state index is 13.3. The first kappa shape index (κ1) is 19.9. The number of carbonyl (C=O) groups excluding carboxylic acids is 3. The predicted octanol–water partition coefficient (Wildman–Crippen LogP) is 3.89. The summed E-state index contributed by atoms with van der Waals surface area (Å²) in [5.74, 6) is -0.479. The highest BCUT2D eigenvalue weighted by molar-refractivity contribution is 8.00. The van der Waals surface area contributed by atoms with E-state index in [1.807, 2.05) is 37.3 Å². The van der Waals surface area contributed by atoms with Gasteiger partial charge in [-0.05, 0) is 57.2 Å². The van der Waals surface area contributed by atoms with E-state index in [0.717, 1.165) is 4.90 Å². The molecule has 0 aromatic heterocycles. The second kappa shape index (κ2) is 7.67. The minimum Gasteiger partial charge on any atom is -0.326 e. The molecule has 0 bridgehead atoms. The molecule has 1 aliphatic rings. The van der Waals surface area contributed by atoms with Crippen molar-refractivity contribution in [3.05, 3.63) is 48.5 Å². The summed E-state index contributed by atoms with van der Waals surface area (Å²) in [7, 11) is 0. The maximum Gasteiger partial charge on any atom is 0.250 e. The molecule has 3 amide bonds. The van der Waals surface area contributed by atoms with Gasteiger partial charge in [0.25, 0.3) is 0 Å². The van der Waals surface area contributed by atoms with E-state index in [1.54, 1.807) is 36.9 Å². The number of para-hydroxylation sites is 2. The van der Waals surface area contributed by atoms with Crippen molar-refractivity contribution in [2.45, 2.75) is 43.4 Å². The first-order valence-electron chi connectivity index (χ1n) is 8.99. The first-order chi connectivity index (χ1) is 13.2. The van der Waals surface area contributed by atoms with Crippen LogP contribution < -0.4 is 15.5 Å². The zero-order valence-electron chi connectivity index (χ0n) is 16.3. The fourth-order valence-corrected chi connectivity index (χ4v) is 4.01. The van der Waals surface area contributed by atoms with Gasteiger partial charge in [0.05, 0.1) is 16.6 Å². The summed E-state index contributed by atoms with van der Waals surface area (Å²) < 4.78 is 0. The van der Waals surface area contributed by atoms with E-state index < -0.39 is 10.8 Å². The summed E-state index contributed by atoms with van der Waals surface area (Å²) in [6, 6.07) is 14.6. The lowest BCUT2D eigenvalue weighted by Crippen LogP contribution is -2.60. The Hall–Kier alpha value is -2.80. The number of hydrogen-bond donors (Lipinski definition) is 2. The molecule has 0 radical (unpaired) electrons. The summed E-state index contributed by atoms with van der Waals surface area (Å²) in [6.45, 7) is 6.78. The van der Waals surface area contributed by atoms with Crippen LogP contribution in [0.15, 0.2) is 53.4 Å². The highest BCUT2D eigenvalue weighted by Gasteiger charge is 2.44. The van der Waals surface area contributed by atoms with Gasteiger partial charge in [0.1, 0.15) is 5.54 Å². The van der Waals surface area contributed by atoms with Gasteiger partial charge in [-0.1, -0.05) is 12.1 Å². The van der Waals surface area contributed by atoms with Crippen molar-refractivity contribution >= 4 is 46.5 Å². The highest BCUT2D eigenvalue weighted by Crippen LogP contribution is 2.38. The Balaban J connectivity index is 1.82. The fourth-order valence-electron chi connectivity index (χ4n) is 3.10. The lowest BCUT2D eigenvalue weighted by Gasteiger charge is -2.43. The molecule has 7 heteroatoms. The van der Waals surface area contributed by atoms with Gasteiger partial charge in [-0.2, -0.15) is 0 Å². The van der Waals surface area contributed by atoms with Gasteiger partial charge in [-0.25, -0.2) is 0 Å². The quantitative estimate of drug-likeness (QED) is 0.767. The third kappa shape index (κ3) is 3.89. The van der Waals surface area contributed by atoms with E-state index in [1.165, 1.54) is 18.7 Å². The van der Waals surface area contributed by atoms with E-state index in [9.17, 15) is 14.4 Å². The summed E-state index contributed by atoms with van der Waals surface area (Å²) in [5.41, 5.74) is 1.05. The highest BCUT2D eigenvalue weighted by atomic mass is 32.2. The van der Waals surface area contributed by atoms with E-state index in [0.29, 0.717) is 17.1 Å². The molecule has 2 aromatic carbocycles. The molecule has 0 aliphatic carbocycles. The SMILES string of the molecule is CC(=O)Nc1ccc(S[C@H](C)C(=O)N2c3ccccc3NC(=O)C2(C)C)cc1. The molecule has 6 nitrogen and oxygen atoms in total. The van der Waals surface area contributed by atoms with Gasteiger partial charge in [-0.3, -0.25) is 19.3 Å². The summed E-state index contributed by atoms with van der Waals surface area (Å²) in [5, 5.41) is 5.19. The lowest BCUT2D eigenvalue weighted by molar-refractivity contribution is -0.126. The number of benzene rings is 2. The predicted molar refractivity (Wildman–Crippen MR) is 113 cm³/mol. The van der Waals surface area contributed by atoms with Crippen LogP contribution in [0, 0.1) is 0 Å². The molecule has 0 saturated heterocycles. The Kier molecular flexibility index (Phi) is 5.47. The topological polar surface area (TPSA) is 78.5 Å². The molecule has 0 saturated carbocycles. The molecule has 3 rings (SSSR count). The van der Waals surface area contributed by atoms with Gasteiger partial charge < -0.3 is 10.6 Å². The second-order valence-corrected chi connectivity index (χ2v) is 8.58. The van der Waals surface area contributed by atoms with Gasteiger partial charge in [0, 0.05) is 17.5 Å². The van der Waals surface area contributed by atoms with Gasteiger partial charge in [-0.15, -0.1) is 11.8 Å². The van der Waals surface area contributed by atoms with Crippen molar-refractivity contribution in [2.75, 3.05) is 15.5 Å². The Labute approximate surface area is 168 Å². The number of nitrogens with one attached hydrogen (secondary N) is 2. The number of carbonyl (C=O) groups is 3. The van der Waals surface area contributed by atoms with Crippen molar-refractivity contribution < 1.29 is 14.4 Å². The Morgan fingerprint density at radius 1 is 1.11 bits per heavy atom. The Bertz CT molecular complexity index is 925. The van der Waals surface area contributed by atoms with Crippen LogP contribution in [0.3, 0.4) is 0 Å². The molecule has 1 aliphatic heterocycles. The van der Waals surface area contributed by atoms with Crippen LogP contribution in [0.4, 0.5) is 17.1 Å². The number of thioether (sulfide) groups is 1. The summed E-state index contributed by atoms with van der Waals surface area (Å²) >= 11 is 1.41. The van der Waals surface area contributed by atoms with Crippen LogP contribution >= 0.6 is 11.8 Å². The molecule has 2 N–H and O–H groups in total. The monoisotopic (exact) mass is 397 g/mol. The number of anilines is 3. The van der Waals surface area contributed by atoms with E-state index in [2.05, 4.69) is 10.6 Å². The van der Waals surface area contributed by atoms with Gasteiger partial charge in [0.15, 0.2) is 0 Å². The Morgan fingerprint density at radius 2 is 1.75 bits per heavy atom. The number of nitrogens with zero attached hydrogens (tertiary/aromatic N) is 1. The van der Waals surface area contributed by atoms with Gasteiger partial charge >= 0.3 is 0 Å². The molecule has 146 valence electrons. The van der Waals surface area contributed by atoms with E-state index in [-0.39, 0.29) is 17.7 Å². The number of fused-ring (bicyclic) bond motifs is 1.